The highest BCUT2D eigenvalue weighted by Gasteiger charge is 2.20. The van der Waals surface area contributed by atoms with Crippen molar-refractivity contribution in [3.8, 4) is 0 Å². The van der Waals surface area contributed by atoms with E-state index >= 15 is 0 Å². The number of ether oxygens (including phenoxy) is 1. The molecule has 1 fully saturated rings. The third-order valence-electron chi connectivity index (χ3n) is 4.96. The van der Waals surface area contributed by atoms with Crippen molar-refractivity contribution in [3.05, 3.63) is 41.6 Å². The van der Waals surface area contributed by atoms with Crippen LogP contribution in [0.5, 0.6) is 0 Å². The van der Waals surface area contributed by atoms with Gasteiger partial charge in [0.05, 0.1) is 17.7 Å². The van der Waals surface area contributed by atoms with E-state index in [9.17, 15) is 4.79 Å². The number of hydrogen-bond acceptors (Lipinski definition) is 4. The van der Waals surface area contributed by atoms with Gasteiger partial charge in [-0.25, -0.2) is 0 Å². The van der Waals surface area contributed by atoms with Gasteiger partial charge in [0.2, 0.25) is 0 Å². The van der Waals surface area contributed by atoms with Crippen molar-refractivity contribution >= 4 is 16.8 Å². The van der Waals surface area contributed by atoms with Gasteiger partial charge in [0.25, 0.3) is 5.91 Å². The zero-order chi connectivity index (χ0) is 17.6. The summed E-state index contributed by atoms with van der Waals surface area (Å²) in [6.07, 6.45) is 2.25. The number of pyridine rings is 1. The molecule has 0 aliphatic carbocycles. The number of carbonyl (C=O) groups excluding carboxylic acids is 1. The molecule has 1 aliphatic rings. The lowest BCUT2D eigenvalue weighted by Gasteiger charge is -2.31. The average Bonchev–Trinajstić information content (AvgIpc) is 2.64. The number of aromatic nitrogens is 1. The molecule has 25 heavy (non-hydrogen) atoms. The second kappa shape index (κ2) is 8.41. The molecule has 1 N–H and O–H groups in total. The number of likely N-dealkylation sites (tertiary alicyclic amines) is 1. The molecular formula is C20H27N3O2. The van der Waals surface area contributed by atoms with Crippen LogP contribution in [0.25, 0.3) is 10.9 Å². The number of carbonyl (C=O) groups is 1. The van der Waals surface area contributed by atoms with Gasteiger partial charge < -0.3 is 15.0 Å². The van der Waals surface area contributed by atoms with Crippen LogP contribution in [-0.2, 0) is 4.74 Å². The number of nitrogens with zero attached hydrogens (tertiary/aromatic N) is 2. The second-order valence-corrected chi connectivity index (χ2v) is 6.82. The van der Waals surface area contributed by atoms with Gasteiger partial charge in [-0.1, -0.05) is 18.2 Å². The van der Waals surface area contributed by atoms with E-state index in [-0.39, 0.29) is 5.91 Å². The van der Waals surface area contributed by atoms with Crippen molar-refractivity contribution in [2.45, 2.75) is 19.8 Å². The van der Waals surface area contributed by atoms with Gasteiger partial charge in [-0.3, -0.25) is 9.78 Å². The van der Waals surface area contributed by atoms with Gasteiger partial charge in [0.15, 0.2) is 0 Å². The summed E-state index contributed by atoms with van der Waals surface area (Å²) < 4.78 is 5.14. The Labute approximate surface area is 149 Å². The summed E-state index contributed by atoms with van der Waals surface area (Å²) in [7, 11) is 1.74. The molecule has 5 nitrogen and oxygen atoms in total. The molecule has 1 saturated heterocycles. The number of piperidine rings is 1. The van der Waals surface area contributed by atoms with Crippen LogP contribution in [0.1, 0.15) is 28.9 Å². The Bertz CT molecular complexity index is 724. The minimum atomic E-state index is 0.00325. The van der Waals surface area contributed by atoms with Crippen LogP contribution in [0.2, 0.25) is 0 Å². The Morgan fingerprint density at radius 1 is 1.32 bits per heavy atom. The summed E-state index contributed by atoms with van der Waals surface area (Å²) in [5, 5.41) is 4.05. The zero-order valence-corrected chi connectivity index (χ0v) is 15.1. The van der Waals surface area contributed by atoms with Crippen LogP contribution >= 0.6 is 0 Å². The van der Waals surface area contributed by atoms with E-state index in [1.54, 1.807) is 7.11 Å². The Morgan fingerprint density at radius 2 is 2.08 bits per heavy atom. The highest BCUT2D eigenvalue weighted by molar-refractivity contribution is 6.06. The lowest BCUT2D eigenvalue weighted by molar-refractivity contribution is 0.0927. The lowest BCUT2D eigenvalue weighted by Crippen LogP contribution is -2.39. The summed E-state index contributed by atoms with van der Waals surface area (Å²) in [5.41, 5.74) is 2.47. The van der Waals surface area contributed by atoms with E-state index in [1.807, 2.05) is 37.3 Å². The summed E-state index contributed by atoms with van der Waals surface area (Å²) in [5.74, 6) is 0.556. The summed E-state index contributed by atoms with van der Waals surface area (Å²) in [4.78, 5) is 19.6. The fourth-order valence-corrected chi connectivity index (χ4v) is 3.46. The van der Waals surface area contributed by atoms with E-state index in [1.165, 1.54) is 0 Å². The fourth-order valence-electron chi connectivity index (χ4n) is 3.46. The van der Waals surface area contributed by atoms with Gasteiger partial charge in [-0.2, -0.15) is 0 Å². The number of para-hydroxylation sites is 1. The molecule has 0 radical (unpaired) electrons. The van der Waals surface area contributed by atoms with E-state index < -0.39 is 0 Å². The first-order valence-electron chi connectivity index (χ1n) is 9.03. The number of amides is 1. The molecular weight excluding hydrogens is 314 g/mol. The molecule has 0 unspecified atom stereocenters. The number of benzene rings is 1. The van der Waals surface area contributed by atoms with E-state index in [2.05, 4.69) is 15.2 Å². The van der Waals surface area contributed by atoms with Gasteiger partial charge in [-0.05, 0) is 50.9 Å². The first-order valence-corrected chi connectivity index (χ1v) is 9.03. The van der Waals surface area contributed by atoms with Crippen molar-refractivity contribution in [1.29, 1.82) is 0 Å². The van der Waals surface area contributed by atoms with Crippen LogP contribution in [0.15, 0.2) is 30.3 Å². The number of methoxy groups -OCH3 is 1. The third-order valence-corrected chi connectivity index (χ3v) is 4.96. The fraction of sp³-hybridized carbons (Fsp3) is 0.500. The number of rotatable bonds is 6. The molecule has 1 aromatic carbocycles. The molecule has 134 valence electrons. The maximum absolute atomic E-state index is 12.7. The third kappa shape index (κ3) is 4.55. The van der Waals surface area contributed by atoms with Crippen molar-refractivity contribution in [2.75, 3.05) is 39.9 Å². The first kappa shape index (κ1) is 17.8. The summed E-state index contributed by atoms with van der Waals surface area (Å²) in [6.45, 7) is 6.63. The van der Waals surface area contributed by atoms with Crippen molar-refractivity contribution in [3.63, 3.8) is 0 Å². The van der Waals surface area contributed by atoms with Crippen LogP contribution in [0.4, 0.5) is 0 Å². The van der Waals surface area contributed by atoms with Crippen LogP contribution in [0, 0.1) is 12.8 Å². The van der Waals surface area contributed by atoms with Gasteiger partial charge in [0.1, 0.15) is 0 Å². The lowest BCUT2D eigenvalue weighted by atomic mass is 9.96. The Morgan fingerprint density at radius 3 is 2.84 bits per heavy atom. The quantitative estimate of drug-likeness (QED) is 0.878. The normalized spacial score (nSPS) is 16.2. The van der Waals surface area contributed by atoms with Crippen molar-refractivity contribution in [1.82, 2.24) is 15.2 Å². The molecule has 2 aromatic rings. The molecule has 1 amide bonds. The molecule has 2 heterocycles. The maximum Gasteiger partial charge on any atom is 0.252 e. The largest absolute Gasteiger partial charge is 0.383 e. The molecule has 5 heteroatoms. The monoisotopic (exact) mass is 341 g/mol. The Kier molecular flexibility index (Phi) is 6.00. The SMILES string of the molecule is COCCN1CCC(CNC(=O)c2cc(C)nc3ccccc23)CC1. The molecule has 0 atom stereocenters. The standard InChI is InChI=1S/C20H27N3O2/c1-15-13-18(17-5-3-4-6-19(17)22-15)20(24)21-14-16-7-9-23(10-8-16)11-12-25-2/h3-6,13,16H,7-12,14H2,1-2H3,(H,21,24). The highest BCUT2D eigenvalue weighted by atomic mass is 16.5. The van der Waals surface area contributed by atoms with Gasteiger partial charge in [0, 0.05) is 31.3 Å². The average molecular weight is 341 g/mol. The maximum atomic E-state index is 12.7. The molecule has 0 saturated carbocycles. The van der Waals surface area contributed by atoms with Crippen molar-refractivity contribution in [2.24, 2.45) is 5.92 Å². The first-order chi connectivity index (χ1) is 12.2. The van der Waals surface area contributed by atoms with E-state index in [0.717, 1.165) is 67.8 Å². The highest BCUT2D eigenvalue weighted by Crippen LogP contribution is 2.19. The molecule has 0 bridgehead atoms. The predicted octanol–water partition coefficient (Wildman–Crippen LogP) is 2.63. The minimum absolute atomic E-state index is 0.00325. The van der Waals surface area contributed by atoms with Crippen LogP contribution < -0.4 is 5.32 Å². The zero-order valence-electron chi connectivity index (χ0n) is 15.1. The molecule has 1 aliphatic heterocycles. The van der Waals surface area contributed by atoms with Crippen LogP contribution in [-0.4, -0.2) is 55.7 Å². The number of aryl methyl sites for hydroxylation is 1. The number of hydrogen-bond donors (Lipinski definition) is 1. The van der Waals surface area contributed by atoms with E-state index in [0.29, 0.717) is 5.92 Å². The summed E-state index contributed by atoms with van der Waals surface area (Å²) in [6, 6.07) is 9.70. The second-order valence-electron chi connectivity index (χ2n) is 6.82. The van der Waals surface area contributed by atoms with E-state index in [4.69, 9.17) is 4.74 Å². The van der Waals surface area contributed by atoms with Gasteiger partial charge >= 0.3 is 0 Å². The topological polar surface area (TPSA) is 54.5 Å². The summed E-state index contributed by atoms with van der Waals surface area (Å²) >= 11 is 0. The van der Waals surface area contributed by atoms with Crippen LogP contribution in [0.3, 0.4) is 0 Å². The molecule has 1 aromatic heterocycles. The Balaban J connectivity index is 1.57. The Hall–Kier alpha value is -1.98. The smallest absolute Gasteiger partial charge is 0.252 e. The minimum Gasteiger partial charge on any atom is -0.383 e. The number of nitrogens with one attached hydrogen (secondary N) is 1. The predicted molar refractivity (Wildman–Crippen MR) is 99.9 cm³/mol. The van der Waals surface area contributed by atoms with Gasteiger partial charge in [-0.15, -0.1) is 0 Å². The molecule has 0 spiro atoms. The van der Waals surface area contributed by atoms with Crippen molar-refractivity contribution < 1.29 is 9.53 Å². The number of fused-ring (bicyclic) bond motifs is 1. The molecule has 3 rings (SSSR count).